The second-order valence-corrected chi connectivity index (χ2v) is 8.56. The first-order chi connectivity index (χ1) is 15.2. The maximum Gasteiger partial charge on any atom is 0.352 e. The lowest BCUT2D eigenvalue weighted by Gasteiger charge is -2.49. The molecule has 0 aliphatic carbocycles. The van der Waals surface area contributed by atoms with Crippen LogP contribution in [-0.2, 0) is 19.2 Å². The molecule has 166 valence electrons. The number of nitrogens with two attached hydrogens (primary N) is 1. The van der Waals surface area contributed by atoms with Gasteiger partial charge in [0, 0.05) is 16.7 Å². The smallest absolute Gasteiger partial charge is 0.352 e. The molecule has 13 nitrogen and oxygen atoms in total. The molecule has 5 N–H and O–H groups in total. The predicted octanol–water partition coefficient (Wildman–Crippen LogP) is -1.73. The molecule has 0 spiro atoms. The van der Waals surface area contributed by atoms with E-state index in [9.17, 15) is 34.2 Å². The van der Waals surface area contributed by atoms with Crippen molar-refractivity contribution in [2.24, 2.45) is 5.16 Å². The van der Waals surface area contributed by atoms with Crippen molar-refractivity contribution < 1.29 is 29.4 Å². The standard InChI is InChI=1S/C17H13N5O8S2/c1-30-21-7(5-3-32-17(18)19-5)13(26)20-8-14(27)22-9(16(28)29)4(2-31-15(8)22)6-10(23)12(25)11(6)24/h3,8,15,23H,2H2,1H3,(H2,18,19)(H,20,26)(H,28,29)/b21-7-/t8?,15-/m0/s1. The van der Waals surface area contributed by atoms with Crippen molar-refractivity contribution in [2.75, 3.05) is 18.6 Å². The van der Waals surface area contributed by atoms with Gasteiger partial charge in [0.15, 0.2) is 16.6 Å². The van der Waals surface area contributed by atoms with Crippen LogP contribution in [0.3, 0.4) is 0 Å². The molecule has 1 aromatic heterocycles. The maximum absolute atomic E-state index is 12.7. The molecule has 32 heavy (non-hydrogen) atoms. The Morgan fingerprint density at radius 1 is 1.34 bits per heavy atom. The zero-order valence-electron chi connectivity index (χ0n) is 16.0. The number of nitrogens with one attached hydrogen (secondary N) is 1. The lowest BCUT2D eigenvalue weighted by atomic mass is 9.95. The molecular formula is C17H13N5O8S2. The lowest BCUT2D eigenvalue weighted by molar-refractivity contribution is -0.149. The number of aliphatic carboxylic acids is 1. The van der Waals surface area contributed by atoms with E-state index in [2.05, 4.69) is 20.3 Å². The van der Waals surface area contributed by atoms with Gasteiger partial charge in [-0.15, -0.1) is 23.1 Å². The van der Waals surface area contributed by atoms with Crippen LogP contribution >= 0.6 is 23.1 Å². The Morgan fingerprint density at radius 3 is 2.62 bits per heavy atom. The summed E-state index contributed by atoms with van der Waals surface area (Å²) in [6.07, 6.45) is 0. The van der Waals surface area contributed by atoms with E-state index >= 15 is 0 Å². The molecule has 1 unspecified atom stereocenters. The Bertz CT molecular complexity index is 1300. The molecule has 2 amide bonds. The number of hydrogen-bond donors (Lipinski definition) is 4. The van der Waals surface area contributed by atoms with Crippen molar-refractivity contribution in [1.29, 1.82) is 0 Å². The number of oxime groups is 1. The van der Waals surface area contributed by atoms with E-state index in [1.807, 2.05) is 0 Å². The fraction of sp³-hybridized carbons (Fsp3) is 0.235. The SMILES string of the molecule is CO/N=C(\C(=O)NC1C(=O)N2C(C(=O)O)=C(c3c(O)c(=O)c3=O)CS[C@@H]12)c1csc(N)n1. The number of aromatic nitrogens is 1. The number of β-lactam (4-membered cyclic amide) rings is 1. The lowest BCUT2D eigenvalue weighted by Crippen LogP contribution is -2.71. The number of thiazole rings is 1. The molecule has 15 heteroatoms. The minimum absolute atomic E-state index is 0.0809. The van der Waals surface area contributed by atoms with Gasteiger partial charge in [-0.3, -0.25) is 24.1 Å². The van der Waals surface area contributed by atoms with E-state index in [-0.39, 0.29) is 27.9 Å². The van der Waals surface area contributed by atoms with E-state index in [1.165, 1.54) is 12.5 Å². The summed E-state index contributed by atoms with van der Waals surface area (Å²) in [6.45, 7) is 0. The first kappa shape index (κ1) is 21.5. The minimum atomic E-state index is -1.52. The summed E-state index contributed by atoms with van der Waals surface area (Å²) in [5.74, 6) is -3.97. The third-order valence-corrected chi connectivity index (χ3v) is 6.76. The molecule has 4 rings (SSSR count). The number of hydrogen-bond acceptors (Lipinski definition) is 12. The second-order valence-electron chi connectivity index (χ2n) is 6.57. The zero-order valence-corrected chi connectivity index (χ0v) is 17.7. The van der Waals surface area contributed by atoms with Gasteiger partial charge < -0.3 is 26.1 Å². The number of thioether (sulfide) groups is 1. The van der Waals surface area contributed by atoms with Crippen LogP contribution in [0.15, 0.2) is 25.8 Å². The largest absolute Gasteiger partial charge is 0.503 e. The molecule has 1 aromatic carbocycles. The number of anilines is 1. The quantitative estimate of drug-likeness (QED) is 0.159. The fourth-order valence-corrected chi connectivity index (χ4v) is 5.27. The Kier molecular flexibility index (Phi) is 5.21. The zero-order chi connectivity index (χ0) is 23.3. The highest BCUT2D eigenvalue weighted by Crippen LogP contribution is 2.44. The summed E-state index contributed by atoms with van der Waals surface area (Å²) in [4.78, 5) is 69.9. The van der Waals surface area contributed by atoms with Crippen LogP contribution in [0.1, 0.15) is 11.3 Å². The Labute approximate surface area is 185 Å². The number of nitrogens with zero attached hydrogens (tertiary/aromatic N) is 3. The molecule has 2 aromatic rings. The van der Waals surface area contributed by atoms with Gasteiger partial charge in [0.05, 0.1) is 5.56 Å². The van der Waals surface area contributed by atoms with E-state index in [1.54, 1.807) is 0 Å². The van der Waals surface area contributed by atoms with E-state index < -0.39 is 57.1 Å². The van der Waals surface area contributed by atoms with Crippen molar-refractivity contribution in [1.82, 2.24) is 15.2 Å². The van der Waals surface area contributed by atoms with Gasteiger partial charge in [0.1, 0.15) is 29.9 Å². The van der Waals surface area contributed by atoms with Gasteiger partial charge in [-0.25, -0.2) is 9.78 Å². The molecule has 0 radical (unpaired) electrons. The molecule has 0 saturated carbocycles. The van der Waals surface area contributed by atoms with Crippen LogP contribution < -0.4 is 21.9 Å². The predicted molar refractivity (Wildman–Crippen MR) is 113 cm³/mol. The highest BCUT2D eigenvalue weighted by atomic mass is 32.2. The minimum Gasteiger partial charge on any atom is -0.503 e. The van der Waals surface area contributed by atoms with Crippen molar-refractivity contribution in [2.45, 2.75) is 11.4 Å². The third kappa shape index (κ3) is 3.13. The van der Waals surface area contributed by atoms with Crippen molar-refractivity contribution in [3.05, 3.63) is 42.8 Å². The summed E-state index contributed by atoms with van der Waals surface area (Å²) in [5, 5.41) is 26.3. The Morgan fingerprint density at radius 2 is 2.06 bits per heavy atom. The first-order valence-corrected chi connectivity index (χ1v) is 10.7. The summed E-state index contributed by atoms with van der Waals surface area (Å²) >= 11 is 2.13. The molecule has 2 aliphatic rings. The van der Waals surface area contributed by atoms with Gasteiger partial charge in [-0.05, 0) is 0 Å². The Balaban J connectivity index is 1.60. The van der Waals surface area contributed by atoms with E-state index in [0.29, 0.717) is 0 Å². The van der Waals surface area contributed by atoms with Crippen molar-refractivity contribution >= 4 is 57.3 Å². The normalized spacial score (nSPS) is 20.7. The number of fused-ring (bicyclic) bond motifs is 1. The monoisotopic (exact) mass is 479 g/mol. The maximum atomic E-state index is 12.7. The van der Waals surface area contributed by atoms with Crippen molar-refractivity contribution in [3.63, 3.8) is 0 Å². The number of rotatable bonds is 6. The van der Waals surface area contributed by atoms with Crippen LogP contribution in [-0.4, -0.2) is 67.9 Å². The first-order valence-electron chi connectivity index (χ1n) is 8.74. The van der Waals surface area contributed by atoms with Crippen LogP contribution in [0.25, 0.3) is 5.57 Å². The molecule has 1 saturated heterocycles. The van der Waals surface area contributed by atoms with Gasteiger partial charge in [0.25, 0.3) is 17.2 Å². The number of nitrogen functional groups attached to an aromatic ring is 1. The molecule has 1 fully saturated rings. The van der Waals surface area contributed by atoms with Gasteiger partial charge in [0.2, 0.25) is 5.43 Å². The number of amides is 2. The van der Waals surface area contributed by atoms with Gasteiger partial charge >= 0.3 is 5.97 Å². The highest BCUT2D eigenvalue weighted by Gasteiger charge is 2.55. The summed E-state index contributed by atoms with van der Waals surface area (Å²) in [7, 11) is 1.22. The van der Waals surface area contributed by atoms with E-state index in [0.717, 1.165) is 28.0 Å². The summed E-state index contributed by atoms with van der Waals surface area (Å²) in [5.41, 5.74) is 2.29. The van der Waals surface area contributed by atoms with Gasteiger partial charge in [-0.1, -0.05) is 5.16 Å². The molecule has 2 aliphatic heterocycles. The molecule has 0 bridgehead atoms. The number of carboxylic acids is 1. The fourth-order valence-electron chi connectivity index (χ4n) is 3.37. The van der Waals surface area contributed by atoms with E-state index in [4.69, 9.17) is 5.73 Å². The molecule has 3 heterocycles. The number of aromatic hydroxyl groups is 1. The van der Waals surface area contributed by atoms with Crippen LogP contribution in [0.5, 0.6) is 5.75 Å². The van der Waals surface area contributed by atoms with Crippen LogP contribution in [0, 0.1) is 0 Å². The van der Waals surface area contributed by atoms with Crippen molar-refractivity contribution in [3.8, 4) is 5.75 Å². The number of carbonyl (C=O) groups is 3. The summed E-state index contributed by atoms with van der Waals surface area (Å²) in [6, 6.07) is -1.09. The number of carbonyl (C=O) groups excluding carboxylic acids is 2. The van der Waals surface area contributed by atoms with Gasteiger partial charge in [-0.2, -0.15) is 0 Å². The Hall–Kier alpha value is -3.72. The average molecular weight is 479 g/mol. The highest BCUT2D eigenvalue weighted by molar-refractivity contribution is 8.00. The third-order valence-electron chi connectivity index (χ3n) is 4.81. The average Bonchev–Trinajstić information content (AvgIpc) is 3.20. The topological polar surface area (TPSA) is 202 Å². The second kappa shape index (κ2) is 7.76. The summed E-state index contributed by atoms with van der Waals surface area (Å²) < 4.78 is 0. The number of carboxylic acid groups (broad SMARTS) is 1. The molecule has 2 atom stereocenters. The van der Waals surface area contributed by atoms with Crippen LogP contribution in [0.2, 0.25) is 0 Å². The molecular weight excluding hydrogens is 466 g/mol. The van der Waals surface area contributed by atoms with Crippen LogP contribution in [0.4, 0.5) is 5.13 Å².